The predicted octanol–water partition coefficient (Wildman–Crippen LogP) is 1.46. The van der Waals surface area contributed by atoms with Gasteiger partial charge in [0.05, 0.1) is 6.61 Å². The third kappa shape index (κ3) is 3.90. The number of nitrogens with one attached hydrogen (secondary N) is 1. The Balaban J connectivity index is 2.03. The van der Waals surface area contributed by atoms with E-state index in [0.29, 0.717) is 23.5 Å². The normalized spacial score (nSPS) is 9.45. The SMILES string of the molecule is O=C(Nc1ccccn1)c1ccc(C#CCCO)cn1. The number of hydrogen-bond acceptors (Lipinski definition) is 4. The molecular formula is C15H13N3O2. The van der Waals surface area contributed by atoms with E-state index in [2.05, 4.69) is 27.1 Å². The minimum absolute atomic E-state index is 0.0327. The van der Waals surface area contributed by atoms with E-state index in [4.69, 9.17) is 5.11 Å². The van der Waals surface area contributed by atoms with E-state index in [1.807, 2.05) is 0 Å². The molecule has 0 saturated carbocycles. The number of amides is 1. The van der Waals surface area contributed by atoms with Crippen LogP contribution in [-0.4, -0.2) is 27.6 Å². The maximum absolute atomic E-state index is 11.9. The molecular weight excluding hydrogens is 254 g/mol. The first-order valence-corrected chi connectivity index (χ1v) is 6.08. The summed E-state index contributed by atoms with van der Waals surface area (Å²) in [5.41, 5.74) is 0.996. The third-order valence-corrected chi connectivity index (χ3v) is 2.37. The van der Waals surface area contributed by atoms with E-state index < -0.39 is 0 Å². The number of rotatable bonds is 3. The second-order valence-corrected chi connectivity index (χ2v) is 3.88. The van der Waals surface area contributed by atoms with Gasteiger partial charge in [-0.3, -0.25) is 4.79 Å². The summed E-state index contributed by atoms with van der Waals surface area (Å²) in [7, 11) is 0. The van der Waals surface area contributed by atoms with Gasteiger partial charge in [-0.15, -0.1) is 0 Å². The lowest BCUT2D eigenvalue weighted by Gasteiger charge is -2.03. The van der Waals surface area contributed by atoms with Gasteiger partial charge in [0, 0.05) is 24.4 Å². The van der Waals surface area contributed by atoms with Crippen LogP contribution >= 0.6 is 0 Å². The molecule has 2 N–H and O–H groups in total. The Morgan fingerprint density at radius 1 is 1.25 bits per heavy atom. The van der Waals surface area contributed by atoms with Crippen molar-refractivity contribution >= 4 is 11.7 Å². The second-order valence-electron chi connectivity index (χ2n) is 3.88. The highest BCUT2D eigenvalue weighted by Crippen LogP contribution is 2.04. The first-order chi connectivity index (χ1) is 9.79. The van der Waals surface area contributed by atoms with Gasteiger partial charge in [0.25, 0.3) is 5.91 Å². The average molecular weight is 267 g/mol. The van der Waals surface area contributed by atoms with Crippen LogP contribution in [0.1, 0.15) is 22.5 Å². The van der Waals surface area contributed by atoms with Crippen LogP contribution in [0.3, 0.4) is 0 Å². The number of nitrogens with zero attached hydrogens (tertiary/aromatic N) is 2. The fraction of sp³-hybridized carbons (Fsp3) is 0.133. The van der Waals surface area contributed by atoms with Crippen LogP contribution in [0.2, 0.25) is 0 Å². The number of aromatic nitrogens is 2. The molecule has 0 aromatic carbocycles. The van der Waals surface area contributed by atoms with Gasteiger partial charge in [0.15, 0.2) is 0 Å². The Bertz CT molecular complexity index is 628. The van der Waals surface area contributed by atoms with Crippen LogP contribution in [0.25, 0.3) is 0 Å². The zero-order valence-corrected chi connectivity index (χ0v) is 10.7. The van der Waals surface area contributed by atoms with Crippen molar-refractivity contribution in [3.63, 3.8) is 0 Å². The van der Waals surface area contributed by atoms with Crippen molar-refractivity contribution in [3.05, 3.63) is 54.0 Å². The molecule has 0 bridgehead atoms. The summed E-state index contributed by atoms with van der Waals surface area (Å²) >= 11 is 0. The van der Waals surface area contributed by atoms with Crippen molar-refractivity contribution in [1.82, 2.24) is 9.97 Å². The molecule has 0 radical (unpaired) electrons. The van der Waals surface area contributed by atoms with Gasteiger partial charge in [-0.1, -0.05) is 17.9 Å². The van der Waals surface area contributed by atoms with Crippen molar-refractivity contribution < 1.29 is 9.90 Å². The van der Waals surface area contributed by atoms with Crippen LogP contribution in [0.4, 0.5) is 5.82 Å². The van der Waals surface area contributed by atoms with E-state index in [1.54, 1.807) is 36.5 Å². The molecule has 0 aliphatic heterocycles. The Kier molecular flexibility index (Phi) is 4.81. The number of pyridine rings is 2. The van der Waals surface area contributed by atoms with Crippen molar-refractivity contribution in [3.8, 4) is 11.8 Å². The molecule has 0 aliphatic rings. The molecule has 0 saturated heterocycles. The third-order valence-electron chi connectivity index (χ3n) is 2.37. The van der Waals surface area contributed by atoms with Gasteiger partial charge in [-0.25, -0.2) is 9.97 Å². The molecule has 5 heteroatoms. The number of hydrogen-bond donors (Lipinski definition) is 2. The summed E-state index contributed by atoms with van der Waals surface area (Å²) in [4.78, 5) is 20.0. The summed E-state index contributed by atoms with van der Waals surface area (Å²) in [6, 6.07) is 8.57. The van der Waals surface area contributed by atoms with E-state index in [1.165, 1.54) is 6.20 Å². The van der Waals surface area contributed by atoms with Crippen LogP contribution in [0.5, 0.6) is 0 Å². The van der Waals surface area contributed by atoms with E-state index >= 15 is 0 Å². The fourth-order valence-electron chi connectivity index (χ4n) is 1.44. The fourth-order valence-corrected chi connectivity index (χ4v) is 1.44. The number of carbonyl (C=O) groups excluding carboxylic acids is 1. The zero-order valence-electron chi connectivity index (χ0n) is 10.7. The second kappa shape index (κ2) is 7.02. The first-order valence-electron chi connectivity index (χ1n) is 6.08. The quantitative estimate of drug-likeness (QED) is 0.826. The number of aliphatic hydroxyl groups excluding tert-OH is 1. The van der Waals surface area contributed by atoms with Gasteiger partial charge in [0.1, 0.15) is 11.5 Å². The van der Waals surface area contributed by atoms with Crippen molar-refractivity contribution in [2.45, 2.75) is 6.42 Å². The smallest absolute Gasteiger partial charge is 0.275 e. The van der Waals surface area contributed by atoms with Crippen LogP contribution < -0.4 is 5.32 Å². The lowest BCUT2D eigenvalue weighted by molar-refractivity contribution is 0.102. The highest BCUT2D eigenvalue weighted by Gasteiger charge is 2.07. The number of aliphatic hydroxyl groups is 1. The molecule has 2 aromatic rings. The van der Waals surface area contributed by atoms with Gasteiger partial charge >= 0.3 is 0 Å². The molecule has 2 heterocycles. The summed E-state index contributed by atoms with van der Waals surface area (Å²) in [6.07, 6.45) is 3.54. The molecule has 0 atom stereocenters. The predicted molar refractivity (Wildman–Crippen MR) is 75.0 cm³/mol. The van der Waals surface area contributed by atoms with Gasteiger partial charge in [-0.05, 0) is 24.3 Å². The Hall–Kier alpha value is -2.71. The summed E-state index contributed by atoms with van der Waals surface area (Å²) in [5.74, 6) is 5.79. The maximum atomic E-state index is 11.9. The molecule has 100 valence electrons. The van der Waals surface area contributed by atoms with Gasteiger partial charge < -0.3 is 10.4 Å². The van der Waals surface area contributed by atoms with Gasteiger partial charge in [0.2, 0.25) is 0 Å². The molecule has 0 unspecified atom stereocenters. The van der Waals surface area contributed by atoms with Crippen molar-refractivity contribution in [2.75, 3.05) is 11.9 Å². The Morgan fingerprint density at radius 3 is 2.80 bits per heavy atom. The molecule has 2 aromatic heterocycles. The lowest BCUT2D eigenvalue weighted by atomic mass is 10.2. The maximum Gasteiger partial charge on any atom is 0.275 e. The van der Waals surface area contributed by atoms with E-state index in [-0.39, 0.29) is 12.5 Å². The molecule has 0 aliphatic carbocycles. The molecule has 1 amide bonds. The number of anilines is 1. The first kappa shape index (κ1) is 13.7. The van der Waals surface area contributed by atoms with Crippen LogP contribution in [0, 0.1) is 11.8 Å². The highest BCUT2D eigenvalue weighted by molar-refractivity contribution is 6.02. The van der Waals surface area contributed by atoms with Crippen LogP contribution in [0.15, 0.2) is 42.7 Å². The largest absolute Gasteiger partial charge is 0.395 e. The minimum Gasteiger partial charge on any atom is -0.395 e. The summed E-state index contributed by atoms with van der Waals surface area (Å²) in [5, 5.41) is 11.3. The monoisotopic (exact) mass is 267 g/mol. The summed E-state index contributed by atoms with van der Waals surface area (Å²) in [6.45, 7) is 0.0327. The van der Waals surface area contributed by atoms with Crippen LogP contribution in [-0.2, 0) is 0 Å². The Labute approximate surface area is 116 Å². The molecule has 5 nitrogen and oxygen atoms in total. The highest BCUT2D eigenvalue weighted by atomic mass is 16.2. The summed E-state index contributed by atoms with van der Waals surface area (Å²) < 4.78 is 0. The Morgan fingerprint density at radius 2 is 2.15 bits per heavy atom. The van der Waals surface area contributed by atoms with Crippen molar-refractivity contribution in [2.24, 2.45) is 0 Å². The standard InChI is InChI=1S/C15H13N3O2/c19-10-4-2-5-12-7-8-13(17-11-12)15(20)18-14-6-1-3-9-16-14/h1,3,6-9,11,19H,4,10H2,(H,16,18,20). The van der Waals surface area contributed by atoms with E-state index in [9.17, 15) is 4.79 Å². The lowest BCUT2D eigenvalue weighted by Crippen LogP contribution is -2.14. The van der Waals surface area contributed by atoms with Crippen molar-refractivity contribution in [1.29, 1.82) is 0 Å². The number of carbonyl (C=O) groups is 1. The minimum atomic E-state index is -0.321. The molecule has 2 rings (SSSR count). The topological polar surface area (TPSA) is 75.1 Å². The molecule has 0 fully saturated rings. The molecule has 20 heavy (non-hydrogen) atoms. The zero-order chi connectivity index (χ0) is 14.2. The average Bonchev–Trinajstić information content (AvgIpc) is 2.49. The van der Waals surface area contributed by atoms with Gasteiger partial charge in [-0.2, -0.15) is 0 Å². The van der Waals surface area contributed by atoms with E-state index in [0.717, 1.165) is 0 Å². The molecule has 0 spiro atoms.